The van der Waals surface area contributed by atoms with Crippen LogP contribution in [0.5, 0.6) is 11.5 Å². The van der Waals surface area contributed by atoms with Crippen molar-refractivity contribution in [2.24, 2.45) is 11.8 Å². The summed E-state index contributed by atoms with van der Waals surface area (Å²) in [6.07, 6.45) is 3.70. The first-order valence-corrected chi connectivity index (χ1v) is 9.49. The van der Waals surface area contributed by atoms with Crippen molar-refractivity contribution in [3.8, 4) is 11.5 Å². The number of fused-ring (bicyclic) bond motifs is 1. The Morgan fingerprint density at radius 2 is 1.74 bits per heavy atom. The summed E-state index contributed by atoms with van der Waals surface area (Å²) in [7, 11) is 1.57. The summed E-state index contributed by atoms with van der Waals surface area (Å²) in [4.78, 5) is 38.1. The van der Waals surface area contributed by atoms with Gasteiger partial charge in [0.15, 0.2) is 11.5 Å². The highest BCUT2D eigenvalue weighted by atomic mass is 16.5. The van der Waals surface area contributed by atoms with Gasteiger partial charge in [-0.1, -0.05) is 25.0 Å². The van der Waals surface area contributed by atoms with Gasteiger partial charge in [-0.05, 0) is 25.0 Å². The molecule has 3 amide bonds. The molecule has 1 aliphatic carbocycles. The van der Waals surface area contributed by atoms with Gasteiger partial charge in [0.05, 0.1) is 25.5 Å². The molecular weight excluding hydrogens is 348 g/mol. The van der Waals surface area contributed by atoms with Crippen LogP contribution in [0.4, 0.5) is 0 Å². The van der Waals surface area contributed by atoms with Crippen LogP contribution in [0.25, 0.3) is 0 Å². The molecule has 1 heterocycles. The molecule has 27 heavy (non-hydrogen) atoms. The van der Waals surface area contributed by atoms with Crippen molar-refractivity contribution in [2.75, 3.05) is 26.8 Å². The summed E-state index contributed by atoms with van der Waals surface area (Å²) in [5.41, 5.74) is 0. The van der Waals surface area contributed by atoms with E-state index in [1.54, 1.807) is 19.2 Å². The number of hydrogen-bond donors (Lipinski definition) is 1. The molecule has 0 bridgehead atoms. The second-order valence-electron chi connectivity index (χ2n) is 6.92. The summed E-state index contributed by atoms with van der Waals surface area (Å²) in [6, 6.07) is 7.29. The molecule has 1 aliphatic heterocycles. The molecule has 2 fully saturated rings. The van der Waals surface area contributed by atoms with E-state index in [0.717, 1.165) is 25.7 Å². The van der Waals surface area contributed by atoms with Crippen LogP contribution in [0.2, 0.25) is 0 Å². The highest BCUT2D eigenvalue weighted by Gasteiger charge is 2.47. The fourth-order valence-corrected chi connectivity index (χ4v) is 3.84. The maximum absolute atomic E-state index is 12.4. The predicted molar refractivity (Wildman–Crippen MR) is 98.3 cm³/mol. The number of hydrogen-bond acceptors (Lipinski definition) is 5. The Hall–Kier alpha value is -2.57. The van der Waals surface area contributed by atoms with Crippen molar-refractivity contribution < 1.29 is 23.9 Å². The molecule has 2 aliphatic rings. The molecule has 3 rings (SSSR count). The first kappa shape index (κ1) is 19.2. The fraction of sp³-hybridized carbons (Fsp3) is 0.550. The number of nitrogens with one attached hydrogen (secondary N) is 1. The van der Waals surface area contributed by atoms with Crippen LogP contribution in [-0.2, 0) is 14.4 Å². The zero-order valence-electron chi connectivity index (χ0n) is 15.6. The lowest BCUT2D eigenvalue weighted by Gasteiger charge is -2.19. The van der Waals surface area contributed by atoms with Crippen LogP contribution >= 0.6 is 0 Å². The Morgan fingerprint density at radius 1 is 1.11 bits per heavy atom. The lowest BCUT2D eigenvalue weighted by molar-refractivity contribution is -0.140. The molecule has 0 aromatic heterocycles. The maximum Gasteiger partial charge on any atom is 0.233 e. The topological polar surface area (TPSA) is 84.9 Å². The molecular formula is C20H26N2O5. The summed E-state index contributed by atoms with van der Waals surface area (Å²) in [5.74, 6) is 0.525. The number of imide groups is 1. The van der Waals surface area contributed by atoms with Crippen LogP contribution in [0.15, 0.2) is 24.3 Å². The number of amides is 3. The molecule has 0 radical (unpaired) electrons. The van der Waals surface area contributed by atoms with Crippen LogP contribution in [0.3, 0.4) is 0 Å². The van der Waals surface area contributed by atoms with Crippen LogP contribution in [0, 0.1) is 11.8 Å². The number of methoxy groups -OCH3 is 1. The zero-order valence-corrected chi connectivity index (χ0v) is 15.6. The van der Waals surface area contributed by atoms with Gasteiger partial charge >= 0.3 is 0 Å². The van der Waals surface area contributed by atoms with E-state index in [2.05, 4.69) is 5.32 Å². The summed E-state index contributed by atoms with van der Waals surface area (Å²) >= 11 is 0. The number of rotatable bonds is 8. The Kier molecular flexibility index (Phi) is 6.32. The third-order valence-electron chi connectivity index (χ3n) is 5.25. The van der Waals surface area contributed by atoms with E-state index >= 15 is 0 Å². The number of para-hydroxylation sites is 2. The Bertz CT molecular complexity index is 681. The Labute approximate surface area is 159 Å². The highest BCUT2D eigenvalue weighted by molar-refractivity contribution is 6.05. The molecule has 1 N–H and O–H groups in total. The van der Waals surface area contributed by atoms with Crippen LogP contribution in [-0.4, -0.2) is 49.4 Å². The number of ether oxygens (including phenoxy) is 2. The van der Waals surface area contributed by atoms with E-state index < -0.39 is 0 Å². The van der Waals surface area contributed by atoms with Crippen molar-refractivity contribution >= 4 is 17.7 Å². The average Bonchev–Trinajstić information content (AvgIpc) is 2.94. The van der Waals surface area contributed by atoms with Crippen molar-refractivity contribution in [1.82, 2.24) is 10.2 Å². The van der Waals surface area contributed by atoms with Crippen molar-refractivity contribution in [1.29, 1.82) is 0 Å². The monoisotopic (exact) mass is 374 g/mol. The average molecular weight is 374 g/mol. The van der Waals surface area contributed by atoms with Crippen LogP contribution in [0.1, 0.15) is 32.1 Å². The quantitative estimate of drug-likeness (QED) is 0.554. The summed E-state index contributed by atoms with van der Waals surface area (Å²) in [6.45, 7) is 0.797. The molecule has 1 aromatic rings. The van der Waals surface area contributed by atoms with Gasteiger partial charge in [0.2, 0.25) is 17.7 Å². The van der Waals surface area contributed by atoms with Gasteiger partial charge in [-0.25, -0.2) is 0 Å². The van der Waals surface area contributed by atoms with Crippen LogP contribution < -0.4 is 14.8 Å². The van der Waals surface area contributed by atoms with Crippen molar-refractivity contribution in [2.45, 2.75) is 32.1 Å². The molecule has 0 unspecified atom stereocenters. The minimum atomic E-state index is -0.200. The third kappa shape index (κ3) is 4.40. The Morgan fingerprint density at radius 3 is 2.37 bits per heavy atom. The SMILES string of the molecule is COc1ccccc1OCCNC(=O)CCN1C(=O)[C@H]2CCCC[C@@H]2C1=O. The molecule has 0 spiro atoms. The minimum absolute atomic E-state index is 0.1000. The van der Waals surface area contributed by atoms with Gasteiger partial charge in [0.1, 0.15) is 6.61 Å². The minimum Gasteiger partial charge on any atom is -0.493 e. The lowest BCUT2D eigenvalue weighted by atomic mass is 9.81. The lowest BCUT2D eigenvalue weighted by Crippen LogP contribution is -2.36. The second-order valence-corrected chi connectivity index (χ2v) is 6.92. The van der Waals surface area contributed by atoms with E-state index in [1.165, 1.54) is 4.90 Å². The van der Waals surface area contributed by atoms with E-state index in [9.17, 15) is 14.4 Å². The van der Waals surface area contributed by atoms with Crippen molar-refractivity contribution in [3.63, 3.8) is 0 Å². The van der Waals surface area contributed by atoms with Gasteiger partial charge in [0, 0.05) is 13.0 Å². The fourth-order valence-electron chi connectivity index (χ4n) is 3.84. The first-order valence-electron chi connectivity index (χ1n) is 9.49. The van der Waals surface area contributed by atoms with Gasteiger partial charge in [0.25, 0.3) is 0 Å². The third-order valence-corrected chi connectivity index (χ3v) is 5.25. The predicted octanol–water partition coefficient (Wildman–Crippen LogP) is 1.76. The molecule has 1 aromatic carbocycles. The first-order chi connectivity index (χ1) is 13.1. The highest BCUT2D eigenvalue weighted by Crippen LogP contribution is 2.37. The van der Waals surface area contributed by atoms with E-state index in [0.29, 0.717) is 24.7 Å². The molecule has 2 atom stereocenters. The standard InChI is InChI=1S/C20H26N2O5/c1-26-16-8-4-5-9-17(16)27-13-11-21-18(23)10-12-22-19(24)14-6-2-3-7-15(14)20(22)25/h4-5,8-9,14-15H,2-3,6-7,10-13H2,1H3,(H,21,23)/t14-,15-/m0/s1. The normalized spacial score (nSPS) is 21.7. The van der Waals surface area contributed by atoms with Gasteiger partial charge in [-0.15, -0.1) is 0 Å². The molecule has 7 heteroatoms. The number of likely N-dealkylation sites (tertiary alicyclic amines) is 1. The zero-order chi connectivity index (χ0) is 19.2. The second kappa shape index (κ2) is 8.88. The summed E-state index contributed by atoms with van der Waals surface area (Å²) < 4.78 is 10.8. The Balaban J connectivity index is 1.38. The van der Waals surface area contributed by atoms with Gasteiger partial charge in [-0.3, -0.25) is 19.3 Å². The molecule has 1 saturated carbocycles. The molecule has 1 saturated heterocycles. The largest absolute Gasteiger partial charge is 0.493 e. The van der Waals surface area contributed by atoms with E-state index in [-0.39, 0.29) is 42.5 Å². The number of benzene rings is 1. The maximum atomic E-state index is 12.4. The molecule has 7 nitrogen and oxygen atoms in total. The summed E-state index contributed by atoms with van der Waals surface area (Å²) in [5, 5.41) is 2.75. The van der Waals surface area contributed by atoms with E-state index in [1.807, 2.05) is 12.1 Å². The van der Waals surface area contributed by atoms with Crippen molar-refractivity contribution in [3.05, 3.63) is 24.3 Å². The van der Waals surface area contributed by atoms with Gasteiger partial charge in [-0.2, -0.15) is 0 Å². The van der Waals surface area contributed by atoms with E-state index in [4.69, 9.17) is 9.47 Å². The number of carbonyl (C=O) groups is 3. The number of nitrogens with zero attached hydrogens (tertiary/aromatic N) is 1. The van der Waals surface area contributed by atoms with Gasteiger partial charge < -0.3 is 14.8 Å². The molecule has 146 valence electrons. The number of carbonyl (C=O) groups excluding carboxylic acids is 3. The smallest absolute Gasteiger partial charge is 0.233 e.